The Hall–Kier alpha value is -2.74. The van der Waals surface area contributed by atoms with Crippen LogP contribution in [0.1, 0.15) is 44.4 Å². The maximum absolute atomic E-state index is 13.2. The van der Waals surface area contributed by atoms with Crippen LogP contribution < -0.4 is 19.1 Å². The van der Waals surface area contributed by atoms with Gasteiger partial charge in [-0.25, -0.2) is 8.42 Å². The summed E-state index contributed by atoms with van der Waals surface area (Å²) in [4.78, 5) is 13.2. The average molecular weight is 447 g/mol. The largest absolute Gasteiger partial charge is 0.497 e. The van der Waals surface area contributed by atoms with Crippen LogP contribution in [0.15, 0.2) is 42.5 Å². The van der Waals surface area contributed by atoms with Crippen LogP contribution in [0, 0.1) is 6.92 Å². The lowest BCUT2D eigenvalue weighted by molar-refractivity contribution is -0.123. The molecule has 2 aromatic rings. The van der Waals surface area contributed by atoms with Crippen molar-refractivity contribution in [1.82, 2.24) is 5.32 Å². The Morgan fingerprint density at radius 1 is 1.23 bits per heavy atom. The number of benzene rings is 2. The first-order valence-corrected chi connectivity index (χ1v) is 12.0. The third-order valence-corrected chi connectivity index (χ3v) is 6.61. The van der Waals surface area contributed by atoms with Gasteiger partial charge in [-0.05, 0) is 52.0 Å². The maximum Gasteiger partial charge on any atom is 0.244 e. The van der Waals surface area contributed by atoms with Gasteiger partial charge >= 0.3 is 0 Å². The third-order valence-electron chi connectivity index (χ3n) is 5.37. The van der Waals surface area contributed by atoms with Gasteiger partial charge in [0.25, 0.3) is 0 Å². The summed E-state index contributed by atoms with van der Waals surface area (Å²) in [6.07, 6.45) is 1.66. The van der Waals surface area contributed by atoms with E-state index in [0.29, 0.717) is 23.6 Å². The summed E-state index contributed by atoms with van der Waals surface area (Å²) in [5.74, 6) is 0.931. The van der Waals surface area contributed by atoms with Gasteiger partial charge in [0.15, 0.2) is 0 Å². The van der Waals surface area contributed by atoms with Gasteiger partial charge in [0, 0.05) is 18.1 Å². The van der Waals surface area contributed by atoms with E-state index in [9.17, 15) is 13.2 Å². The number of aryl methyl sites for hydroxylation is 1. The van der Waals surface area contributed by atoms with Gasteiger partial charge in [0.05, 0.1) is 25.1 Å². The molecular weight excluding hydrogens is 416 g/mol. The van der Waals surface area contributed by atoms with Crippen molar-refractivity contribution in [3.8, 4) is 11.5 Å². The molecule has 0 saturated heterocycles. The molecule has 0 saturated carbocycles. The fourth-order valence-electron chi connectivity index (χ4n) is 3.88. The molecule has 31 heavy (non-hydrogen) atoms. The molecule has 1 N–H and O–H groups in total. The zero-order valence-corrected chi connectivity index (χ0v) is 19.6. The molecule has 0 aliphatic carbocycles. The van der Waals surface area contributed by atoms with Crippen molar-refractivity contribution in [2.45, 2.75) is 51.8 Å². The van der Waals surface area contributed by atoms with Gasteiger partial charge in [-0.3, -0.25) is 9.10 Å². The van der Waals surface area contributed by atoms with E-state index in [4.69, 9.17) is 9.47 Å². The number of nitrogens with zero attached hydrogens (tertiary/aromatic N) is 1. The number of sulfonamides is 1. The monoisotopic (exact) mass is 446 g/mol. The van der Waals surface area contributed by atoms with Crippen molar-refractivity contribution in [2.75, 3.05) is 17.7 Å². The molecule has 8 heteroatoms. The number of nitrogens with one attached hydrogen (secondary N) is 1. The summed E-state index contributed by atoms with van der Waals surface area (Å²) in [7, 11) is -2.09. The normalized spacial score (nSPS) is 18.3. The number of hydrogen-bond donors (Lipinski definition) is 1. The molecule has 7 nitrogen and oxygen atoms in total. The summed E-state index contributed by atoms with van der Waals surface area (Å²) in [6, 6.07) is 11.3. The van der Waals surface area contributed by atoms with E-state index in [0.717, 1.165) is 21.7 Å². The average Bonchev–Trinajstić information content (AvgIpc) is 2.67. The lowest BCUT2D eigenvalue weighted by atomic mass is 9.89. The molecule has 0 spiro atoms. The summed E-state index contributed by atoms with van der Waals surface area (Å²) < 4.78 is 37.6. The van der Waals surface area contributed by atoms with E-state index in [2.05, 4.69) is 5.32 Å². The highest BCUT2D eigenvalue weighted by molar-refractivity contribution is 7.92. The molecule has 3 rings (SSSR count). The number of carbonyl (C=O) groups excluding carboxylic acids is 1. The lowest BCUT2D eigenvalue weighted by Gasteiger charge is -2.39. The van der Waals surface area contributed by atoms with Gasteiger partial charge in [-0.1, -0.05) is 17.7 Å². The van der Waals surface area contributed by atoms with Gasteiger partial charge in [0.2, 0.25) is 15.9 Å². The first-order valence-electron chi connectivity index (χ1n) is 10.1. The predicted octanol–water partition coefficient (Wildman–Crippen LogP) is 3.58. The summed E-state index contributed by atoms with van der Waals surface area (Å²) in [5, 5.41) is 3.04. The third kappa shape index (κ3) is 5.12. The first kappa shape index (κ1) is 22.9. The number of fused-ring (bicyclic) bond motifs is 1. The second kappa shape index (κ2) is 8.42. The van der Waals surface area contributed by atoms with E-state index < -0.39 is 21.7 Å². The second-order valence-corrected chi connectivity index (χ2v) is 10.5. The van der Waals surface area contributed by atoms with Crippen LogP contribution in [0.3, 0.4) is 0 Å². The lowest BCUT2D eigenvalue weighted by Crippen LogP contribution is -2.50. The number of anilines is 1. The molecule has 2 aromatic carbocycles. The van der Waals surface area contributed by atoms with E-state index in [1.165, 1.54) is 0 Å². The topological polar surface area (TPSA) is 84.9 Å². The van der Waals surface area contributed by atoms with Crippen LogP contribution >= 0.6 is 0 Å². The van der Waals surface area contributed by atoms with E-state index in [1.807, 2.05) is 45.0 Å². The van der Waals surface area contributed by atoms with Gasteiger partial charge in [-0.2, -0.15) is 0 Å². The second-order valence-electron chi connectivity index (χ2n) is 8.60. The molecule has 0 bridgehead atoms. The van der Waals surface area contributed by atoms with Crippen LogP contribution in [0.2, 0.25) is 0 Å². The van der Waals surface area contributed by atoms with Crippen molar-refractivity contribution >= 4 is 21.6 Å². The van der Waals surface area contributed by atoms with Crippen LogP contribution in [0.25, 0.3) is 0 Å². The molecule has 0 aromatic heterocycles. The Labute approximate surface area is 184 Å². The minimum atomic E-state index is -3.68. The zero-order valence-electron chi connectivity index (χ0n) is 18.8. The Kier molecular flexibility index (Phi) is 6.23. The van der Waals surface area contributed by atoms with Gasteiger partial charge in [0.1, 0.15) is 23.1 Å². The first-order chi connectivity index (χ1) is 14.4. The Morgan fingerprint density at radius 3 is 2.45 bits per heavy atom. The summed E-state index contributed by atoms with van der Waals surface area (Å²) in [5.41, 5.74) is 1.79. The van der Waals surface area contributed by atoms with Crippen LogP contribution in [-0.4, -0.2) is 39.3 Å². The number of ether oxygens (including phenoxy) is 2. The molecule has 1 aliphatic rings. The quantitative estimate of drug-likeness (QED) is 0.733. The Bertz CT molecular complexity index is 1060. The predicted molar refractivity (Wildman–Crippen MR) is 121 cm³/mol. The minimum absolute atomic E-state index is 0.320. The summed E-state index contributed by atoms with van der Waals surface area (Å²) in [6.45, 7) is 7.42. The molecule has 168 valence electrons. The maximum atomic E-state index is 13.2. The smallest absolute Gasteiger partial charge is 0.244 e. The summed E-state index contributed by atoms with van der Waals surface area (Å²) >= 11 is 0. The molecule has 1 heterocycles. The molecule has 1 aliphatic heterocycles. The molecule has 2 atom stereocenters. The fourth-order valence-corrected chi connectivity index (χ4v) is 5.06. The number of amides is 1. The van der Waals surface area contributed by atoms with E-state index >= 15 is 0 Å². The highest BCUT2D eigenvalue weighted by Gasteiger charge is 2.37. The van der Waals surface area contributed by atoms with Crippen molar-refractivity contribution in [1.29, 1.82) is 0 Å². The number of carbonyl (C=O) groups is 1. The van der Waals surface area contributed by atoms with Crippen LogP contribution in [-0.2, 0) is 14.8 Å². The molecule has 0 unspecified atom stereocenters. The van der Waals surface area contributed by atoms with E-state index in [-0.39, 0.29) is 11.9 Å². The number of hydrogen-bond acceptors (Lipinski definition) is 5. The SMILES string of the molecule is COc1ccc2c(c1)OC(C)(C)C[C@@H]2NC(=O)[C@H](C)N(c1ccc(C)cc1)S(C)(=O)=O. The zero-order chi connectivity index (χ0) is 23.0. The van der Waals surface area contributed by atoms with Crippen LogP contribution in [0.5, 0.6) is 11.5 Å². The number of rotatable bonds is 6. The van der Waals surface area contributed by atoms with Crippen molar-refractivity contribution < 1.29 is 22.7 Å². The molecule has 0 radical (unpaired) electrons. The highest BCUT2D eigenvalue weighted by atomic mass is 32.2. The fraction of sp³-hybridized carbons (Fsp3) is 0.435. The standard InChI is InChI=1S/C23H30N2O5S/c1-15-7-9-17(10-8-15)25(31(6,27)28)16(2)22(26)24-20-14-23(3,4)30-21-13-18(29-5)11-12-19(20)21/h7-13,16,20H,14H2,1-6H3,(H,24,26)/t16-,20-/m0/s1. The minimum Gasteiger partial charge on any atom is -0.497 e. The molecule has 0 fully saturated rings. The van der Waals surface area contributed by atoms with Crippen molar-refractivity contribution in [2.24, 2.45) is 0 Å². The Balaban J connectivity index is 1.89. The van der Waals surface area contributed by atoms with E-state index in [1.54, 1.807) is 32.2 Å². The van der Waals surface area contributed by atoms with Crippen molar-refractivity contribution in [3.63, 3.8) is 0 Å². The molecule has 1 amide bonds. The van der Waals surface area contributed by atoms with Crippen LogP contribution in [0.4, 0.5) is 5.69 Å². The molecular formula is C23H30N2O5S. The van der Waals surface area contributed by atoms with Crippen molar-refractivity contribution in [3.05, 3.63) is 53.6 Å². The number of methoxy groups -OCH3 is 1. The van der Waals surface area contributed by atoms with Gasteiger partial charge in [-0.15, -0.1) is 0 Å². The highest BCUT2D eigenvalue weighted by Crippen LogP contribution is 2.41. The Morgan fingerprint density at radius 2 is 1.87 bits per heavy atom. The van der Waals surface area contributed by atoms with Gasteiger partial charge < -0.3 is 14.8 Å².